The molecule has 0 radical (unpaired) electrons. The number of rotatable bonds is 3. The van der Waals surface area contributed by atoms with Crippen molar-refractivity contribution in [3.63, 3.8) is 0 Å². The van der Waals surface area contributed by atoms with Crippen molar-refractivity contribution in [1.29, 1.82) is 0 Å². The predicted octanol–water partition coefficient (Wildman–Crippen LogP) is -0.760. The van der Waals surface area contributed by atoms with Gasteiger partial charge in [0.25, 0.3) is 0 Å². The maximum absolute atomic E-state index is 9.49. The molecular formula is C9H18O5. The van der Waals surface area contributed by atoms with Gasteiger partial charge in [0.1, 0.15) is 18.3 Å². The van der Waals surface area contributed by atoms with Crippen molar-refractivity contribution in [2.75, 3.05) is 6.61 Å². The summed E-state index contributed by atoms with van der Waals surface area (Å²) < 4.78 is 10.4. The lowest BCUT2D eigenvalue weighted by molar-refractivity contribution is -0.280. The molecule has 0 aromatic rings. The van der Waals surface area contributed by atoms with Crippen molar-refractivity contribution in [1.82, 2.24) is 0 Å². The van der Waals surface area contributed by atoms with E-state index in [0.717, 1.165) is 6.42 Å². The molecule has 1 aliphatic heterocycles. The van der Waals surface area contributed by atoms with Gasteiger partial charge in [0, 0.05) is 0 Å². The third-order valence-corrected chi connectivity index (χ3v) is 2.40. The highest BCUT2D eigenvalue weighted by atomic mass is 16.7. The quantitative estimate of drug-likeness (QED) is 0.565. The van der Waals surface area contributed by atoms with Gasteiger partial charge in [0.05, 0.1) is 12.7 Å². The molecular weight excluding hydrogens is 188 g/mol. The molecule has 3 N–H and O–H groups in total. The normalized spacial score (nSPS) is 40.9. The number of hydrogen-bond acceptors (Lipinski definition) is 5. The Morgan fingerprint density at radius 1 is 1.36 bits per heavy atom. The molecule has 0 saturated carbocycles. The molecule has 0 amide bonds. The van der Waals surface area contributed by atoms with Gasteiger partial charge in [-0.3, -0.25) is 0 Å². The smallest absolute Gasteiger partial charge is 0.186 e. The summed E-state index contributed by atoms with van der Waals surface area (Å²) in [7, 11) is 0. The average Bonchev–Trinajstić information content (AvgIpc) is 2.19. The SMILES string of the molecule is CCC(C)O[C@H]1OC[C@H](O)C(O)[C@@H]1O. The maximum atomic E-state index is 9.49. The average molecular weight is 206 g/mol. The van der Waals surface area contributed by atoms with Crippen LogP contribution in [-0.2, 0) is 9.47 Å². The van der Waals surface area contributed by atoms with Crippen LogP contribution in [0.1, 0.15) is 20.3 Å². The second-order valence-electron chi connectivity index (χ2n) is 3.61. The highest BCUT2D eigenvalue weighted by Gasteiger charge is 2.38. The van der Waals surface area contributed by atoms with Gasteiger partial charge in [-0.25, -0.2) is 0 Å². The minimum absolute atomic E-state index is 0.0146. The van der Waals surface area contributed by atoms with Crippen LogP contribution in [0.5, 0.6) is 0 Å². The number of aliphatic hydroxyl groups is 3. The van der Waals surface area contributed by atoms with Gasteiger partial charge < -0.3 is 24.8 Å². The molecule has 1 aliphatic rings. The van der Waals surface area contributed by atoms with Crippen molar-refractivity contribution >= 4 is 0 Å². The molecule has 0 aromatic heterocycles. The zero-order valence-corrected chi connectivity index (χ0v) is 8.46. The lowest BCUT2D eigenvalue weighted by atomic mass is 10.1. The molecule has 2 unspecified atom stereocenters. The van der Waals surface area contributed by atoms with Crippen molar-refractivity contribution in [2.24, 2.45) is 0 Å². The van der Waals surface area contributed by atoms with Crippen LogP contribution < -0.4 is 0 Å². The minimum atomic E-state index is -1.20. The second kappa shape index (κ2) is 5.04. The van der Waals surface area contributed by atoms with Gasteiger partial charge in [-0.2, -0.15) is 0 Å². The fraction of sp³-hybridized carbons (Fsp3) is 1.00. The third-order valence-electron chi connectivity index (χ3n) is 2.40. The zero-order valence-electron chi connectivity index (χ0n) is 8.46. The van der Waals surface area contributed by atoms with E-state index in [4.69, 9.17) is 14.6 Å². The molecule has 1 heterocycles. The molecule has 0 bridgehead atoms. The second-order valence-corrected chi connectivity index (χ2v) is 3.61. The topological polar surface area (TPSA) is 79.2 Å². The van der Waals surface area contributed by atoms with Crippen LogP contribution in [0, 0.1) is 0 Å². The van der Waals surface area contributed by atoms with Crippen LogP contribution in [0.2, 0.25) is 0 Å². The summed E-state index contributed by atoms with van der Waals surface area (Å²) in [6.07, 6.45) is -3.52. The Bertz CT molecular complexity index is 175. The lowest BCUT2D eigenvalue weighted by Gasteiger charge is -2.36. The molecule has 84 valence electrons. The first-order chi connectivity index (χ1) is 6.56. The summed E-state index contributed by atoms with van der Waals surface area (Å²) in [5.41, 5.74) is 0. The van der Waals surface area contributed by atoms with E-state index in [1.165, 1.54) is 0 Å². The van der Waals surface area contributed by atoms with E-state index in [-0.39, 0.29) is 12.7 Å². The van der Waals surface area contributed by atoms with E-state index in [1.54, 1.807) is 0 Å². The first-order valence-corrected chi connectivity index (χ1v) is 4.87. The monoisotopic (exact) mass is 206 g/mol. The standard InChI is InChI=1S/C9H18O5/c1-3-5(2)14-9-8(12)7(11)6(10)4-13-9/h5-12H,3-4H2,1-2H3/t5?,6-,7?,8-,9+/m0/s1. The minimum Gasteiger partial charge on any atom is -0.388 e. The van der Waals surface area contributed by atoms with E-state index in [1.807, 2.05) is 13.8 Å². The summed E-state index contributed by atoms with van der Waals surface area (Å²) in [5, 5.41) is 28.0. The Labute approximate surface area is 83.3 Å². The molecule has 0 aromatic carbocycles. The number of hydrogen-bond donors (Lipinski definition) is 3. The molecule has 5 heteroatoms. The Balaban J connectivity index is 2.46. The van der Waals surface area contributed by atoms with Crippen LogP contribution in [0.3, 0.4) is 0 Å². The summed E-state index contributed by atoms with van der Waals surface area (Å²) >= 11 is 0. The van der Waals surface area contributed by atoms with Gasteiger partial charge in [-0.15, -0.1) is 0 Å². The van der Waals surface area contributed by atoms with E-state index in [9.17, 15) is 10.2 Å². The van der Waals surface area contributed by atoms with Crippen LogP contribution in [0.4, 0.5) is 0 Å². The summed E-state index contributed by atoms with van der Waals surface area (Å²) in [6.45, 7) is 3.79. The number of aliphatic hydroxyl groups excluding tert-OH is 3. The first kappa shape index (κ1) is 11.9. The Morgan fingerprint density at radius 3 is 2.57 bits per heavy atom. The van der Waals surface area contributed by atoms with Crippen LogP contribution in [-0.4, -0.2) is 52.6 Å². The number of ether oxygens (including phenoxy) is 2. The van der Waals surface area contributed by atoms with Gasteiger partial charge >= 0.3 is 0 Å². The fourth-order valence-electron chi connectivity index (χ4n) is 1.22. The summed E-state index contributed by atoms with van der Waals surface area (Å²) in [4.78, 5) is 0. The van der Waals surface area contributed by atoms with Crippen LogP contribution in [0.25, 0.3) is 0 Å². The predicted molar refractivity (Wildman–Crippen MR) is 48.6 cm³/mol. The van der Waals surface area contributed by atoms with E-state index < -0.39 is 24.6 Å². The van der Waals surface area contributed by atoms with E-state index in [2.05, 4.69) is 0 Å². The van der Waals surface area contributed by atoms with Crippen molar-refractivity contribution < 1.29 is 24.8 Å². The summed E-state index contributed by atoms with van der Waals surface area (Å²) in [5.74, 6) is 0. The first-order valence-electron chi connectivity index (χ1n) is 4.87. The van der Waals surface area contributed by atoms with Gasteiger partial charge in [0.15, 0.2) is 6.29 Å². The Kier molecular flexibility index (Phi) is 4.28. The molecule has 5 nitrogen and oxygen atoms in total. The highest BCUT2D eigenvalue weighted by Crippen LogP contribution is 2.18. The zero-order chi connectivity index (χ0) is 10.7. The molecule has 1 fully saturated rings. The molecule has 1 saturated heterocycles. The molecule has 14 heavy (non-hydrogen) atoms. The third kappa shape index (κ3) is 2.65. The molecule has 0 aliphatic carbocycles. The molecule has 1 rings (SSSR count). The lowest BCUT2D eigenvalue weighted by Crippen LogP contribution is -2.54. The van der Waals surface area contributed by atoms with Crippen LogP contribution >= 0.6 is 0 Å². The molecule has 0 spiro atoms. The van der Waals surface area contributed by atoms with Gasteiger partial charge in [-0.1, -0.05) is 6.92 Å². The van der Waals surface area contributed by atoms with Crippen LogP contribution in [0.15, 0.2) is 0 Å². The van der Waals surface area contributed by atoms with E-state index in [0.29, 0.717) is 0 Å². The summed E-state index contributed by atoms with van der Waals surface area (Å²) in [6, 6.07) is 0. The van der Waals surface area contributed by atoms with Crippen molar-refractivity contribution in [2.45, 2.75) is 51.0 Å². The largest absolute Gasteiger partial charge is 0.388 e. The maximum Gasteiger partial charge on any atom is 0.186 e. The Hall–Kier alpha value is -0.200. The Morgan fingerprint density at radius 2 is 2.00 bits per heavy atom. The van der Waals surface area contributed by atoms with Crippen molar-refractivity contribution in [3.8, 4) is 0 Å². The fourth-order valence-corrected chi connectivity index (χ4v) is 1.22. The van der Waals surface area contributed by atoms with Gasteiger partial charge in [-0.05, 0) is 13.3 Å². The highest BCUT2D eigenvalue weighted by molar-refractivity contribution is 4.82. The molecule has 5 atom stereocenters. The van der Waals surface area contributed by atoms with E-state index >= 15 is 0 Å². The van der Waals surface area contributed by atoms with Crippen molar-refractivity contribution in [3.05, 3.63) is 0 Å². The van der Waals surface area contributed by atoms with Gasteiger partial charge in [0.2, 0.25) is 0 Å².